The molecule has 0 aromatic heterocycles. The van der Waals surface area contributed by atoms with E-state index >= 15 is 0 Å². The van der Waals surface area contributed by atoms with E-state index in [0.29, 0.717) is 0 Å². The summed E-state index contributed by atoms with van der Waals surface area (Å²) in [6.07, 6.45) is 17.6. The van der Waals surface area contributed by atoms with Crippen LogP contribution in [0.1, 0.15) is 219 Å². The zero-order valence-electron chi connectivity index (χ0n) is 35.5. The summed E-state index contributed by atoms with van der Waals surface area (Å²) in [4.78, 5) is 0. The molecule has 0 fully saturated rings. The van der Waals surface area contributed by atoms with Crippen LogP contribution in [-0.4, -0.2) is 33.6 Å². The van der Waals surface area contributed by atoms with E-state index in [1.807, 2.05) is 0 Å². The molecule has 0 rings (SSSR count). The fourth-order valence-corrected chi connectivity index (χ4v) is 6.48. The Morgan fingerprint density at radius 3 is 0.620 bits per heavy atom. The molecular formula is C42H84Er2O6. The second kappa shape index (κ2) is 30.4. The second-order valence-electron chi connectivity index (χ2n) is 18.2. The maximum absolute atomic E-state index is 11.8. The molecule has 0 amide bonds. The molecule has 0 spiro atoms. The van der Waals surface area contributed by atoms with E-state index in [1.54, 1.807) is 83.1 Å². The summed E-state index contributed by atoms with van der Waals surface area (Å²) in [7, 11) is 0. The molecule has 2 radical (unpaired) electrons. The minimum absolute atomic E-state index is 0. The summed E-state index contributed by atoms with van der Waals surface area (Å²) in [5, 5.41) is 69.5. The van der Waals surface area contributed by atoms with E-state index < -0.39 is 33.6 Å². The molecular weight excluding hydrogens is 935 g/mol. The van der Waals surface area contributed by atoms with Crippen LogP contribution in [0.15, 0.2) is 0 Å². The van der Waals surface area contributed by atoms with Gasteiger partial charge < -0.3 is 30.6 Å². The molecule has 0 saturated carbocycles. The smallest absolute Gasteiger partial charge is 0.850 e. The predicted octanol–water partition coefficient (Wildman–Crippen LogP) is 6.72. The summed E-state index contributed by atoms with van der Waals surface area (Å²) < 4.78 is 0. The number of hydrogen-bond acceptors (Lipinski definition) is 6. The van der Waals surface area contributed by atoms with Crippen LogP contribution in [0, 0.1) is 92.4 Å². The Morgan fingerprint density at radius 1 is 0.320 bits per heavy atom. The average Bonchev–Trinajstić information content (AvgIpc) is 2.87. The zero-order valence-corrected chi connectivity index (χ0v) is 39.2. The summed E-state index contributed by atoms with van der Waals surface area (Å²) in [5.41, 5.74) is -4.81. The fraction of sp³-hybridized carbons (Fsp3) is 1.00. The standard InChI is InChI=1S/3C14H28O2.2Er/c3*1-6-12(14(4,5)16)10-8-7-9-11-13(2,3)15;;/h3*12H,6-11H2,1-5H3;;/q3*-2;2*+3. The molecule has 0 aliphatic rings. The van der Waals surface area contributed by atoms with Gasteiger partial charge in [-0.1, -0.05) is 237 Å². The van der Waals surface area contributed by atoms with Crippen molar-refractivity contribution in [3.8, 4) is 0 Å². The van der Waals surface area contributed by atoms with E-state index in [0.717, 1.165) is 116 Å². The minimum Gasteiger partial charge on any atom is -0.850 e. The van der Waals surface area contributed by atoms with Crippen LogP contribution in [-0.2, 0) is 0 Å². The summed E-state index contributed by atoms with van der Waals surface area (Å²) in [6, 6.07) is 0. The quantitative estimate of drug-likeness (QED) is 0.0985. The first kappa shape index (κ1) is 61.5. The van der Waals surface area contributed by atoms with Gasteiger partial charge in [0.1, 0.15) is 0 Å². The molecule has 0 heterocycles. The Hall–Kier alpha value is 2.25. The monoisotopic (exact) mass is 1020 g/mol. The van der Waals surface area contributed by atoms with Gasteiger partial charge in [-0.2, -0.15) is 0 Å². The zero-order chi connectivity index (χ0) is 38.5. The van der Waals surface area contributed by atoms with Crippen molar-refractivity contribution in [1.29, 1.82) is 0 Å². The second-order valence-corrected chi connectivity index (χ2v) is 18.2. The van der Waals surface area contributed by atoms with Gasteiger partial charge in [0.05, 0.1) is 0 Å². The van der Waals surface area contributed by atoms with Crippen LogP contribution in [0.5, 0.6) is 0 Å². The number of hydrogen-bond donors (Lipinski definition) is 0. The maximum atomic E-state index is 11.8. The number of rotatable bonds is 24. The molecule has 50 heavy (non-hydrogen) atoms. The van der Waals surface area contributed by atoms with Crippen LogP contribution in [0.3, 0.4) is 0 Å². The predicted molar refractivity (Wildman–Crippen MR) is 195 cm³/mol. The Kier molecular flexibility index (Phi) is 37.4. The molecule has 6 nitrogen and oxygen atoms in total. The third kappa shape index (κ3) is 43.0. The van der Waals surface area contributed by atoms with Crippen molar-refractivity contribution in [3.05, 3.63) is 0 Å². The molecule has 0 saturated heterocycles. The Balaban J connectivity index is -0.000000199. The topological polar surface area (TPSA) is 138 Å². The molecule has 3 atom stereocenters. The van der Waals surface area contributed by atoms with Crippen molar-refractivity contribution in [3.63, 3.8) is 0 Å². The van der Waals surface area contributed by atoms with Gasteiger partial charge in [0.15, 0.2) is 0 Å². The molecule has 0 bridgehead atoms. The van der Waals surface area contributed by atoms with Crippen molar-refractivity contribution in [1.82, 2.24) is 0 Å². The molecule has 0 aromatic rings. The van der Waals surface area contributed by atoms with Gasteiger partial charge in [0.2, 0.25) is 0 Å². The fourth-order valence-electron chi connectivity index (χ4n) is 6.48. The van der Waals surface area contributed by atoms with Gasteiger partial charge in [-0.05, 0) is 0 Å². The van der Waals surface area contributed by atoms with Crippen LogP contribution in [0.25, 0.3) is 0 Å². The van der Waals surface area contributed by atoms with E-state index in [2.05, 4.69) is 20.8 Å². The van der Waals surface area contributed by atoms with E-state index in [9.17, 15) is 30.6 Å². The normalized spacial score (nSPS) is 14.6. The third-order valence-corrected chi connectivity index (χ3v) is 9.92. The summed E-state index contributed by atoms with van der Waals surface area (Å²) >= 11 is 0. The van der Waals surface area contributed by atoms with E-state index in [-0.39, 0.29) is 92.4 Å². The molecule has 312 valence electrons. The van der Waals surface area contributed by atoms with Crippen molar-refractivity contribution in [2.45, 2.75) is 253 Å². The van der Waals surface area contributed by atoms with Crippen LogP contribution in [0.2, 0.25) is 0 Å². The first-order valence-corrected chi connectivity index (χ1v) is 19.7. The van der Waals surface area contributed by atoms with Crippen molar-refractivity contribution in [2.24, 2.45) is 17.8 Å². The largest absolute Gasteiger partial charge is 3.00 e. The van der Waals surface area contributed by atoms with Crippen molar-refractivity contribution < 1.29 is 105 Å². The SMILES string of the molecule is CCC(CCCCCC(C)(C)[O-])C(C)(C)[O-].CCC(CCCCCC(C)(C)[O-])C(C)(C)[O-].CCC(CCCCCC(C)(C)[O-])C(C)(C)[O-].[Er+3].[Er+3]. The molecule has 8 heteroatoms. The molecule has 0 aromatic carbocycles. The van der Waals surface area contributed by atoms with Crippen molar-refractivity contribution >= 4 is 0 Å². The Labute approximate surface area is 372 Å². The first-order chi connectivity index (χ1) is 21.5. The van der Waals surface area contributed by atoms with Gasteiger partial charge in [-0.15, -0.1) is 33.6 Å². The average molecular weight is 1020 g/mol. The summed E-state index contributed by atoms with van der Waals surface area (Å²) in [6.45, 7) is 27.4. The number of unbranched alkanes of at least 4 members (excludes halogenated alkanes) is 6. The van der Waals surface area contributed by atoms with Crippen LogP contribution < -0.4 is 30.6 Å². The Morgan fingerprint density at radius 2 is 0.500 bits per heavy atom. The molecule has 0 aliphatic heterocycles. The first-order valence-electron chi connectivity index (χ1n) is 19.7. The van der Waals surface area contributed by atoms with Crippen molar-refractivity contribution in [2.75, 3.05) is 0 Å². The molecule has 3 unspecified atom stereocenters. The third-order valence-electron chi connectivity index (χ3n) is 9.92. The van der Waals surface area contributed by atoms with Crippen LogP contribution >= 0.6 is 0 Å². The van der Waals surface area contributed by atoms with Gasteiger partial charge >= 0.3 is 74.6 Å². The molecule has 0 aliphatic carbocycles. The van der Waals surface area contributed by atoms with E-state index in [4.69, 9.17) is 0 Å². The van der Waals surface area contributed by atoms with Gasteiger partial charge in [0, 0.05) is 0 Å². The minimum atomic E-state index is -0.813. The maximum Gasteiger partial charge on any atom is 3.00 e. The Bertz CT molecular complexity index is 634. The van der Waals surface area contributed by atoms with Gasteiger partial charge in [0.25, 0.3) is 0 Å². The van der Waals surface area contributed by atoms with E-state index in [1.165, 1.54) is 0 Å². The molecule has 0 N–H and O–H groups in total. The van der Waals surface area contributed by atoms with Crippen LogP contribution in [0.4, 0.5) is 0 Å². The summed E-state index contributed by atoms with van der Waals surface area (Å²) in [5.74, 6) is 0.813. The van der Waals surface area contributed by atoms with Gasteiger partial charge in [-0.3, -0.25) is 0 Å². The van der Waals surface area contributed by atoms with Gasteiger partial charge in [-0.25, -0.2) is 0 Å².